The van der Waals surface area contributed by atoms with Gasteiger partial charge in [0.25, 0.3) is 0 Å². The number of hydrogen-bond donors (Lipinski definition) is 2. The third-order valence-corrected chi connectivity index (χ3v) is 1.44. The molecule has 0 spiro atoms. The quantitative estimate of drug-likeness (QED) is 0.355. The lowest BCUT2D eigenvalue weighted by molar-refractivity contribution is -0.849. The van der Waals surface area contributed by atoms with Gasteiger partial charge in [-0.3, -0.25) is 5.73 Å². The summed E-state index contributed by atoms with van der Waals surface area (Å²) in [4.78, 5) is 0. The highest BCUT2D eigenvalue weighted by Gasteiger charge is 2.23. The lowest BCUT2D eigenvalue weighted by Crippen LogP contribution is -3.09. The molecular formula is C5H12N2O. The zero-order valence-electron chi connectivity index (χ0n) is 4.89. The van der Waals surface area contributed by atoms with E-state index < -0.39 is 0 Å². The van der Waals surface area contributed by atoms with Gasteiger partial charge in [-0.2, -0.15) is 0 Å². The van der Waals surface area contributed by atoms with Gasteiger partial charge in [0.15, 0.2) is 0 Å². The molecule has 1 atom stereocenters. The fourth-order valence-electron chi connectivity index (χ4n) is 0.727. The molecule has 48 valence electrons. The SMILES string of the molecule is NC[NH+]([O-])CC1CC1. The number of hydrogen-bond acceptors (Lipinski definition) is 2. The second-order valence-corrected chi connectivity index (χ2v) is 2.39. The lowest BCUT2D eigenvalue weighted by atomic mass is 10.4. The van der Waals surface area contributed by atoms with E-state index in [-0.39, 0.29) is 11.7 Å². The van der Waals surface area contributed by atoms with E-state index in [1.54, 1.807) is 0 Å². The van der Waals surface area contributed by atoms with E-state index in [1.807, 2.05) is 0 Å². The molecule has 1 saturated carbocycles. The van der Waals surface area contributed by atoms with Crippen LogP contribution in [-0.2, 0) is 0 Å². The Kier molecular flexibility index (Phi) is 1.83. The Morgan fingerprint density at radius 2 is 2.25 bits per heavy atom. The van der Waals surface area contributed by atoms with Crippen molar-refractivity contribution in [1.82, 2.24) is 0 Å². The van der Waals surface area contributed by atoms with Crippen LogP contribution in [0.3, 0.4) is 0 Å². The van der Waals surface area contributed by atoms with Gasteiger partial charge in [0.1, 0.15) is 6.67 Å². The number of hydroxylamine groups is 2. The Balaban J connectivity index is 1.98. The summed E-state index contributed by atoms with van der Waals surface area (Å²) in [5, 5.41) is 10.8. The molecule has 0 radical (unpaired) electrons. The maximum absolute atomic E-state index is 10.5. The minimum absolute atomic E-state index is 0.215. The van der Waals surface area contributed by atoms with E-state index in [2.05, 4.69) is 0 Å². The highest BCUT2D eigenvalue weighted by Crippen LogP contribution is 2.26. The van der Waals surface area contributed by atoms with Gasteiger partial charge in [-0.15, -0.1) is 0 Å². The van der Waals surface area contributed by atoms with Crippen molar-refractivity contribution in [1.29, 1.82) is 0 Å². The van der Waals surface area contributed by atoms with Gasteiger partial charge < -0.3 is 10.3 Å². The first-order valence-corrected chi connectivity index (χ1v) is 3.04. The molecule has 0 saturated heterocycles. The predicted octanol–water partition coefficient (Wildman–Crippen LogP) is -1.30. The number of nitrogens with one attached hydrogen (secondary N) is 1. The van der Waals surface area contributed by atoms with Crippen molar-refractivity contribution in [2.24, 2.45) is 11.7 Å². The standard InChI is InChI=1S/C5H12N2O/c6-4-7(8)3-5-1-2-5/h5,7H,1-4,6H2. The van der Waals surface area contributed by atoms with E-state index in [0.717, 1.165) is 6.54 Å². The zero-order chi connectivity index (χ0) is 5.98. The van der Waals surface area contributed by atoms with Crippen LogP contribution in [0.5, 0.6) is 0 Å². The molecule has 1 aliphatic carbocycles. The minimum Gasteiger partial charge on any atom is -0.633 e. The molecule has 1 rings (SSSR count). The van der Waals surface area contributed by atoms with Crippen LogP contribution in [-0.4, -0.2) is 13.2 Å². The molecule has 3 N–H and O–H groups in total. The zero-order valence-corrected chi connectivity index (χ0v) is 4.89. The van der Waals surface area contributed by atoms with E-state index in [4.69, 9.17) is 5.73 Å². The fraction of sp³-hybridized carbons (Fsp3) is 1.00. The molecular weight excluding hydrogens is 104 g/mol. The Labute approximate surface area is 49.0 Å². The summed E-state index contributed by atoms with van der Waals surface area (Å²) in [6, 6.07) is 0. The van der Waals surface area contributed by atoms with Crippen molar-refractivity contribution in [2.75, 3.05) is 13.2 Å². The molecule has 1 unspecified atom stereocenters. The Morgan fingerprint density at radius 1 is 1.62 bits per heavy atom. The van der Waals surface area contributed by atoms with Crippen molar-refractivity contribution < 1.29 is 5.06 Å². The van der Waals surface area contributed by atoms with Gasteiger partial charge >= 0.3 is 0 Å². The maximum Gasteiger partial charge on any atom is 0.128 e. The monoisotopic (exact) mass is 116 g/mol. The summed E-state index contributed by atoms with van der Waals surface area (Å²) < 4.78 is 0. The van der Waals surface area contributed by atoms with E-state index in [1.165, 1.54) is 12.8 Å². The number of quaternary nitrogens is 1. The van der Waals surface area contributed by atoms with Crippen LogP contribution in [0.1, 0.15) is 12.8 Å². The topological polar surface area (TPSA) is 53.5 Å². The molecule has 1 fully saturated rings. The fourth-order valence-corrected chi connectivity index (χ4v) is 0.727. The Morgan fingerprint density at radius 3 is 2.62 bits per heavy atom. The van der Waals surface area contributed by atoms with Gasteiger partial charge in [0.2, 0.25) is 0 Å². The highest BCUT2D eigenvalue weighted by atomic mass is 16.5. The van der Waals surface area contributed by atoms with Gasteiger partial charge in [-0.05, 0) is 12.8 Å². The molecule has 0 aromatic carbocycles. The summed E-state index contributed by atoms with van der Waals surface area (Å²) >= 11 is 0. The second-order valence-electron chi connectivity index (χ2n) is 2.39. The van der Waals surface area contributed by atoms with Gasteiger partial charge in [-0.25, -0.2) is 0 Å². The maximum atomic E-state index is 10.5. The third kappa shape index (κ3) is 1.78. The smallest absolute Gasteiger partial charge is 0.128 e. The normalized spacial score (nSPS) is 23.2. The van der Waals surface area contributed by atoms with Crippen molar-refractivity contribution in [3.05, 3.63) is 5.21 Å². The number of nitrogens with two attached hydrogens (primary N) is 1. The predicted molar refractivity (Wildman–Crippen MR) is 31.0 cm³/mol. The lowest BCUT2D eigenvalue weighted by Gasteiger charge is -2.18. The summed E-state index contributed by atoms with van der Waals surface area (Å²) in [6.07, 6.45) is 2.48. The van der Waals surface area contributed by atoms with Gasteiger partial charge in [0, 0.05) is 5.92 Å². The average molecular weight is 116 g/mol. The second kappa shape index (κ2) is 2.44. The van der Waals surface area contributed by atoms with Crippen LogP contribution in [0.2, 0.25) is 0 Å². The summed E-state index contributed by atoms with van der Waals surface area (Å²) in [5.74, 6) is 0.700. The van der Waals surface area contributed by atoms with Crippen LogP contribution in [0.4, 0.5) is 0 Å². The Bertz CT molecular complexity index is 72.8. The van der Waals surface area contributed by atoms with Crippen molar-refractivity contribution in [3.8, 4) is 0 Å². The molecule has 3 nitrogen and oxygen atoms in total. The molecule has 3 heteroatoms. The molecule has 8 heavy (non-hydrogen) atoms. The summed E-state index contributed by atoms with van der Waals surface area (Å²) in [6.45, 7) is 0.965. The summed E-state index contributed by atoms with van der Waals surface area (Å²) in [5.41, 5.74) is 5.10. The van der Waals surface area contributed by atoms with Crippen LogP contribution in [0.15, 0.2) is 0 Å². The van der Waals surface area contributed by atoms with Gasteiger partial charge in [0.05, 0.1) is 6.54 Å². The molecule has 1 aliphatic rings. The van der Waals surface area contributed by atoms with Crippen molar-refractivity contribution in [2.45, 2.75) is 12.8 Å². The molecule has 0 aliphatic heterocycles. The van der Waals surface area contributed by atoms with E-state index >= 15 is 0 Å². The molecule has 0 amide bonds. The van der Waals surface area contributed by atoms with Crippen molar-refractivity contribution >= 4 is 0 Å². The first-order valence-electron chi connectivity index (χ1n) is 3.04. The first kappa shape index (κ1) is 6.01. The van der Waals surface area contributed by atoms with E-state index in [0.29, 0.717) is 5.92 Å². The van der Waals surface area contributed by atoms with Crippen molar-refractivity contribution in [3.63, 3.8) is 0 Å². The average Bonchev–Trinajstić information content (AvgIpc) is 2.50. The third-order valence-electron chi connectivity index (χ3n) is 1.44. The molecule has 0 bridgehead atoms. The first-order chi connectivity index (χ1) is 3.83. The summed E-state index contributed by atoms with van der Waals surface area (Å²) in [7, 11) is 0. The van der Waals surface area contributed by atoms with Crippen LogP contribution in [0.25, 0.3) is 0 Å². The number of rotatable bonds is 3. The minimum atomic E-state index is 0.215. The van der Waals surface area contributed by atoms with Crippen LogP contribution < -0.4 is 10.8 Å². The molecule has 0 aromatic rings. The van der Waals surface area contributed by atoms with Crippen LogP contribution in [0, 0.1) is 11.1 Å². The highest BCUT2D eigenvalue weighted by molar-refractivity contribution is 4.71. The molecule has 0 aromatic heterocycles. The van der Waals surface area contributed by atoms with Gasteiger partial charge in [-0.1, -0.05) is 0 Å². The van der Waals surface area contributed by atoms with E-state index in [9.17, 15) is 5.21 Å². The Hall–Kier alpha value is -0.120. The largest absolute Gasteiger partial charge is 0.633 e. The van der Waals surface area contributed by atoms with Crippen LogP contribution >= 0.6 is 0 Å². The molecule has 0 heterocycles.